The summed E-state index contributed by atoms with van der Waals surface area (Å²) in [7, 11) is -3.55. The molecular weight excluding hydrogens is 468 g/mol. The van der Waals surface area contributed by atoms with E-state index in [9.17, 15) is 35.2 Å². The zero-order valence-electron chi connectivity index (χ0n) is 14.5. The highest BCUT2D eigenvalue weighted by Crippen LogP contribution is 2.31. The number of aryl methyl sites for hydroxylation is 1. The van der Waals surface area contributed by atoms with Crippen LogP contribution in [0.1, 0.15) is 17.4 Å². The van der Waals surface area contributed by atoms with Gasteiger partial charge in [0.05, 0.1) is 10.7 Å². The van der Waals surface area contributed by atoms with Crippen molar-refractivity contribution in [2.24, 2.45) is 7.05 Å². The van der Waals surface area contributed by atoms with Crippen molar-refractivity contribution in [1.29, 1.82) is 0 Å². The number of nitrogens with one attached hydrogen (secondary N) is 2. The third-order valence-corrected chi connectivity index (χ3v) is 6.09. The lowest BCUT2D eigenvalue weighted by Gasteiger charge is -2.16. The van der Waals surface area contributed by atoms with Crippen LogP contribution in [0.25, 0.3) is 0 Å². The van der Waals surface area contributed by atoms with E-state index >= 15 is 0 Å². The Kier molecular flexibility index (Phi) is 6.52. The fourth-order valence-electron chi connectivity index (χ4n) is 2.18. The number of benzene rings is 1. The second kappa shape index (κ2) is 8.09. The van der Waals surface area contributed by atoms with Gasteiger partial charge in [-0.15, -0.1) is 0 Å². The smallest absolute Gasteiger partial charge is 0.344 e. The lowest BCUT2D eigenvalue weighted by Crippen LogP contribution is -2.42. The molecule has 0 fully saturated rings. The van der Waals surface area contributed by atoms with Crippen LogP contribution in [0.3, 0.4) is 0 Å². The number of amides is 1. The van der Waals surface area contributed by atoms with E-state index in [4.69, 9.17) is 23.2 Å². The van der Waals surface area contributed by atoms with Gasteiger partial charge in [0, 0.05) is 13.2 Å². The van der Waals surface area contributed by atoms with Crippen LogP contribution in [0, 0.1) is 11.6 Å². The third-order valence-electron chi connectivity index (χ3n) is 3.70. The zero-order valence-corrected chi connectivity index (χ0v) is 16.9. The van der Waals surface area contributed by atoms with Crippen molar-refractivity contribution >= 4 is 44.8 Å². The molecule has 2 rings (SSSR count). The van der Waals surface area contributed by atoms with Crippen LogP contribution in [0.15, 0.2) is 23.2 Å². The van der Waals surface area contributed by atoms with Crippen LogP contribution in [0.5, 0.6) is 0 Å². The van der Waals surface area contributed by atoms with Gasteiger partial charge in [0.15, 0.2) is 5.82 Å². The van der Waals surface area contributed by atoms with Gasteiger partial charge in [0.2, 0.25) is 10.0 Å². The summed E-state index contributed by atoms with van der Waals surface area (Å²) in [5.41, 5.74) is -1.02. The monoisotopic (exact) mass is 479 g/mol. The number of anilines is 1. The van der Waals surface area contributed by atoms with Crippen molar-refractivity contribution in [3.63, 3.8) is 0 Å². The van der Waals surface area contributed by atoms with Gasteiger partial charge in [0.1, 0.15) is 27.5 Å². The van der Waals surface area contributed by atoms with Crippen molar-refractivity contribution in [2.75, 3.05) is 5.32 Å². The maximum Gasteiger partial charge on any atom is 0.404 e. The molecule has 0 radical (unpaired) electrons. The molecule has 0 aliphatic heterocycles. The summed E-state index contributed by atoms with van der Waals surface area (Å²) in [6, 6.07) is -0.766. The minimum atomic E-state index is -4.85. The predicted molar refractivity (Wildman–Crippen MR) is 95.6 cm³/mol. The van der Waals surface area contributed by atoms with Crippen molar-refractivity contribution < 1.29 is 35.2 Å². The molecule has 0 saturated heterocycles. The Hall–Kier alpha value is -1.89. The summed E-state index contributed by atoms with van der Waals surface area (Å²) in [5.74, 6) is -3.46. The van der Waals surface area contributed by atoms with E-state index in [-0.39, 0.29) is 0 Å². The Balaban J connectivity index is 2.39. The number of rotatable bonds is 5. The van der Waals surface area contributed by atoms with Gasteiger partial charge in [-0.05, 0) is 19.1 Å². The maximum atomic E-state index is 14.0. The summed E-state index contributed by atoms with van der Waals surface area (Å²) < 4.78 is 91.9. The predicted octanol–water partition coefficient (Wildman–Crippen LogP) is 4.09. The third kappa shape index (κ3) is 4.82. The van der Waals surface area contributed by atoms with Crippen LogP contribution in [0.4, 0.5) is 27.6 Å². The van der Waals surface area contributed by atoms with Gasteiger partial charge in [-0.2, -0.15) is 17.9 Å². The highest BCUT2D eigenvalue weighted by Gasteiger charge is 2.40. The lowest BCUT2D eigenvalue weighted by atomic mass is 10.2. The first-order valence-electron chi connectivity index (χ1n) is 7.55. The average molecular weight is 480 g/mol. The summed E-state index contributed by atoms with van der Waals surface area (Å²) >= 11 is 11.3. The number of halogens is 7. The molecule has 0 aliphatic rings. The molecule has 0 saturated carbocycles. The standard InChI is InChI=1S/C15H12Cl2F5N3O3S/c1-6(15(20,21)22)24-29(27,28)9-5-25(2)13(11(9)17)14(26)23-8-4-3-7(18)10(16)12(8)19/h3-6,24H,1-2H3,(H,23,26). The lowest BCUT2D eigenvalue weighted by molar-refractivity contribution is -0.147. The molecule has 6 nitrogen and oxygen atoms in total. The summed E-state index contributed by atoms with van der Waals surface area (Å²) in [5, 5.41) is 0.466. The molecule has 1 amide bonds. The summed E-state index contributed by atoms with van der Waals surface area (Å²) in [4.78, 5) is 11.6. The number of carbonyl (C=O) groups is 1. The molecule has 1 aromatic heterocycles. The molecule has 160 valence electrons. The molecule has 1 aromatic carbocycles. The number of hydrogen-bond acceptors (Lipinski definition) is 3. The quantitative estimate of drug-likeness (QED) is 0.500. The Morgan fingerprint density at radius 3 is 2.31 bits per heavy atom. The highest BCUT2D eigenvalue weighted by atomic mass is 35.5. The van der Waals surface area contributed by atoms with Crippen molar-refractivity contribution in [3.8, 4) is 0 Å². The largest absolute Gasteiger partial charge is 0.404 e. The molecule has 0 bridgehead atoms. The first-order valence-corrected chi connectivity index (χ1v) is 9.79. The Labute approximate surface area is 171 Å². The number of hydrogen-bond donors (Lipinski definition) is 2. The van der Waals surface area contributed by atoms with Crippen LogP contribution in [0.2, 0.25) is 10.0 Å². The molecule has 1 atom stereocenters. The van der Waals surface area contributed by atoms with E-state index in [1.807, 2.05) is 5.32 Å². The minimum absolute atomic E-state index is 0.494. The maximum absolute atomic E-state index is 14.0. The van der Waals surface area contributed by atoms with E-state index < -0.39 is 66.1 Å². The number of alkyl halides is 3. The molecule has 2 aromatic rings. The van der Waals surface area contributed by atoms with Crippen LogP contribution >= 0.6 is 23.2 Å². The first kappa shape index (κ1) is 23.4. The Morgan fingerprint density at radius 1 is 1.17 bits per heavy atom. The van der Waals surface area contributed by atoms with Crippen LogP contribution in [-0.2, 0) is 17.1 Å². The minimum Gasteiger partial charge on any atom is -0.344 e. The van der Waals surface area contributed by atoms with Gasteiger partial charge in [-0.25, -0.2) is 17.2 Å². The second-order valence-electron chi connectivity index (χ2n) is 5.83. The van der Waals surface area contributed by atoms with E-state index in [0.29, 0.717) is 6.92 Å². The zero-order chi connectivity index (χ0) is 22.3. The topological polar surface area (TPSA) is 80.2 Å². The van der Waals surface area contributed by atoms with E-state index in [2.05, 4.69) is 0 Å². The molecular formula is C15H12Cl2F5N3O3S. The van der Waals surface area contributed by atoms with Gasteiger partial charge in [-0.3, -0.25) is 4.79 Å². The van der Waals surface area contributed by atoms with E-state index in [1.165, 1.54) is 11.8 Å². The van der Waals surface area contributed by atoms with Gasteiger partial charge in [0.25, 0.3) is 5.91 Å². The molecule has 1 heterocycles. The highest BCUT2D eigenvalue weighted by molar-refractivity contribution is 7.89. The van der Waals surface area contributed by atoms with E-state index in [1.54, 1.807) is 0 Å². The van der Waals surface area contributed by atoms with Crippen LogP contribution < -0.4 is 10.0 Å². The molecule has 14 heteroatoms. The average Bonchev–Trinajstić information content (AvgIpc) is 2.89. The van der Waals surface area contributed by atoms with Crippen molar-refractivity contribution in [2.45, 2.75) is 24.0 Å². The van der Waals surface area contributed by atoms with Gasteiger partial charge < -0.3 is 9.88 Å². The summed E-state index contributed by atoms with van der Waals surface area (Å²) in [6.45, 7) is 0.586. The molecule has 0 spiro atoms. The van der Waals surface area contributed by atoms with Crippen molar-refractivity contribution in [3.05, 3.63) is 45.7 Å². The second-order valence-corrected chi connectivity index (χ2v) is 8.27. The number of nitrogens with zero attached hydrogens (tertiary/aromatic N) is 1. The fourth-order valence-corrected chi connectivity index (χ4v) is 4.28. The number of sulfonamides is 1. The molecule has 0 aliphatic carbocycles. The van der Waals surface area contributed by atoms with E-state index in [0.717, 1.165) is 22.9 Å². The van der Waals surface area contributed by atoms with Gasteiger partial charge in [-0.1, -0.05) is 23.2 Å². The van der Waals surface area contributed by atoms with Gasteiger partial charge >= 0.3 is 6.18 Å². The Morgan fingerprint density at radius 2 is 1.76 bits per heavy atom. The fraction of sp³-hybridized carbons (Fsp3) is 0.267. The molecule has 29 heavy (non-hydrogen) atoms. The molecule has 2 N–H and O–H groups in total. The molecule has 1 unspecified atom stereocenters. The number of carbonyl (C=O) groups excluding carboxylic acids is 1. The number of aromatic nitrogens is 1. The first-order chi connectivity index (χ1) is 13.2. The SMILES string of the molecule is CC(NS(=O)(=O)c1cn(C)c(C(=O)Nc2ccc(F)c(Cl)c2F)c1Cl)C(F)(F)F. The normalized spacial score (nSPS) is 13.4. The van der Waals surface area contributed by atoms with Crippen LogP contribution in [-0.4, -0.2) is 31.1 Å². The van der Waals surface area contributed by atoms with Crippen molar-refractivity contribution in [1.82, 2.24) is 9.29 Å². The Bertz CT molecular complexity index is 1070. The summed E-state index contributed by atoms with van der Waals surface area (Å²) in [6.07, 6.45) is -4.04.